The molecular formula is C18H18N2O2. The number of hydrogen-bond acceptors (Lipinski definition) is 2. The fraction of sp³-hybridized carbons (Fsp3) is 0.222. The molecule has 3 rings (SSSR count). The summed E-state index contributed by atoms with van der Waals surface area (Å²) in [4.78, 5) is 24.7. The monoisotopic (exact) mass is 294 g/mol. The zero-order valence-electron chi connectivity index (χ0n) is 12.2. The summed E-state index contributed by atoms with van der Waals surface area (Å²) in [6.45, 7) is 0.444. The maximum Gasteiger partial charge on any atom is 0.240 e. The van der Waals surface area contributed by atoms with Gasteiger partial charge in [0.2, 0.25) is 11.8 Å². The molecule has 0 saturated heterocycles. The van der Waals surface area contributed by atoms with Gasteiger partial charge in [0.25, 0.3) is 0 Å². The molecule has 22 heavy (non-hydrogen) atoms. The van der Waals surface area contributed by atoms with E-state index in [0.717, 1.165) is 11.3 Å². The average molecular weight is 294 g/mol. The topological polar surface area (TPSA) is 58.2 Å². The first kappa shape index (κ1) is 14.3. The fourth-order valence-corrected chi connectivity index (χ4v) is 2.40. The maximum absolute atomic E-state index is 12.4. The van der Waals surface area contributed by atoms with Crippen molar-refractivity contribution in [2.45, 2.75) is 19.4 Å². The largest absolute Gasteiger partial charge is 0.351 e. The third kappa shape index (κ3) is 3.01. The first-order valence-corrected chi connectivity index (χ1v) is 7.39. The second kappa shape index (κ2) is 6.02. The number of rotatable bonds is 5. The number of carbonyl (C=O) groups excluding carboxylic acids is 2. The normalized spacial score (nSPS) is 14.9. The predicted molar refractivity (Wildman–Crippen MR) is 85.0 cm³/mol. The summed E-state index contributed by atoms with van der Waals surface area (Å²) in [5, 5.41) is 5.69. The van der Waals surface area contributed by atoms with Gasteiger partial charge in [-0.25, -0.2) is 0 Å². The Bertz CT molecular complexity index is 664. The highest BCUT2D eigenvalue weighted by Crippen LogP contribution is 2.46. The Morgan fingerprint density at radius 1 is 0.864 bits per heavy atom. The van der Waals surface area contributed by atoms with Gasteiger partial charge in [-0.1, -0.05) is 48.5 Å². The van der Waals surface area contributed by atoms with Gasteiger partial charge in [0.1, 0.15) is 5.41 Å². The van der Waals surface area contributed by atoms with Gasteiger partial charge >= 0.3 is 0 Å². The summed E-state index contributed by atoms with van der Waals surface area (Å²) in [6.07, 6.45) is 1.21. The standard InChI is InChI=1S/C18H18N2O2/c21-16(19-13-14-7-3-1-4-8-14)18(11-12-18)17(22)20-15-9-5-2-6-10-15/h1-10H,11-13H2,(H,19,21)(H,20,22). The lowest BCUT2D eigenvalue weighted by molar-refractivity contribution is -0.134. The number of carbonyl (C=O) groups is 2. The number of amides is 2. The summed E-state index contributed by atoms with van der Waals surface area (Å²) < 4.78 is 0. The van der Waals surface area contributed by atoms with Crippen molar-refractivity contribution < 1.29 is 9.59 Å². The molecule has 0 heterocycles. The minimum Gasteiger partial charge on any atom is -0.351 e. The molecule has 1 aliphatic carbocycles. The van der Waals surface area contributed by atoms with Crippen LogP contribution >= 0.6 is 0 Å². The molecule has 0 aromatic heterocycles. The molecule has 1 saturated carbocycles. The Morgan fingerprint density at radius 3 is 2.05 bits per heavy atom. The van der Waals surface area contributed by atoms with Crippen molar-refractivity contribution in [2.24, 2.45) is 5.41 Å². The third-order valence-corrected chi connectivity index (χ3v) is 3.95. The van der Waals surface area contributed by atoms with Gasteiger partial charge in [-0.15, -0.1) is 0 Å². The molecule has 0 radical (unpaired) electrons. The lowest BCUT2D eigenvalue weighted by Crippen LogP contribution is -2.39. The van der Waals surface area contributed by atoms with E-state index in [9.17, 15) is 9.59 Å². The summed E-state index contributed by atoms with van der Waals surface area (Å²) in [6, 6.07) is 18.9. The highest BCUT2D eigenvalue weighted by Gasteiger charge is 2.56. The minimum absolute atomic E-state index is 0.190. The molecule has 4 heteroatoms. The van der Waals surface area contributed by atoms with Gasteiger partial charge in [-0.2, -0.15) is 0 Å². The summed E-state index contributed by atoms with van der Waals surface area (Å²) in [7, 11) is 0. The van der Waals surface area contributed by atoms with E-state index >= 15 is 0 Å². The summed E-state index contributed by atoms with van der Waals surface area (Å²) in [5.74, 6) is -0.408. The zero-order valence-corrected chi connectivity index (χ0v) is 12.2. The van der Waals surface area contributed by atoms with Crippen molar-refractivity contribution in [3.63, 3.8) is 0 Å². The second-order valence-corrected chi connectivity index (χ2v) is 5.57. The third-order valence-electron chi connectivity index (χ3n) is 3.95. The molecular weight excluding hydrogens is 276 g/mol. The number of para-hydroxylation sites is 1. The van der Waals surface area contributed by atoms with E-state index in [1.807, 2.05) is 60.7 Å². The Labute approximate surface area is 129 Å². The van der Waals surface area contributed by atoms with Crippen molar-refractivity contribution in [1.29, 1.82) is 0 Å². The number of benzene rings is 2. The lowest BCUT2D eigenvalue weighted by atomic mass is 10.0. The van der Waals surface area contributed by atoms with E-state index < -0.39 is 5.41 Å². The van der Waals surface area contributed by atoms with Gasteiger partial charge < -0.3 is 10.6 Å². The fourth-order valence-electron chi connectivity index (χ4n) is 2.40. The maximum atomic E-state index is 12.4. The number of anilines is 1. The highest BCUT2D eigenvalue weighted by molar-refractivity contribution is 6.13. The van der Waals surface area contributed by atoms with E-state index in [1.54, 1.807) is 0 Å². The molecule has 112 valence electrons. The van der Waals surface area contributed by atoms with Gasteiger partial charge in [0, 0.05) is 12.2 Å². The molecule has 0 unspecified atom stereocenters. The highest BCUT2D eigenvalue weighted by atomic mass is 16.2. The van der Waals surface area contributed by atoms with Crippen molar-refractivity contribution >= 4 is 17.5 Å². The first-order valence-electron chi connectivity index (χ1n) is 7.39. The van der Waals surface area contributed by atoms with Crippen molar-refractivity contribution in [3.05, 3.63) is 66.2 Å². The van der Waals surface area contributed by atoms with E-state index in [2.05, 4.69) is 10.6 Å². The molecule has 2 aromatic carbocycles. The van der Waals surface area contributed by atoms with Crippen LogP contribution in [0.4, 0.5) is 5.69 Å². The Balaban J connectivity index is 1.60. The molecule has 2 amide bonds. The smallest absolute Gasteiger partial charge is 0.240 e. The average Bonchev–Trinajstić information content (AvgIpc) is 3.36. The number of hydrogen-bond donors (Lipinski definition) is 2. The van der Waals surface area contributed by atoms with Gasteiger partial charge in [0.15, 0.2) is 0 Å². The van der Waals surface area contributed by atoms with Crippen LogP contribution in [0.3, 0.4) is 0 Å². The van der Waals surface area contributed by atoms with Crippen LogP contribution in [0.15, 0.2) is 60.7 Å². The van der Waals surface area contributed by atoms with Crippen LogP contribution in [0.2, 0.25) is 0 Å². The first-order chi connectivity index (χ1) is 10.7. The second-order valence-electron chi connectivity index (χ2n) is 5.57. The quantitative estimate of drug-likeness (QED) is 0.833. The zero-order chi connectivity index (χ0) is 15.4. The molecule has 1 aliphatic rings. The predicted octanol–water partition coefficient (Wildman–Crippen LogP) is 2.72. The van der Waals surface area contributed by atoms with Crippen molar-refractivity contribution in [1.82, 2.24) is 5.32 Å². The van der Waals surface area contributed by atoms with Gasteiger partial charge in [-0.05, 0) is 30.5 Å². The van der Waals surface area contributed by atoms with Crippen LogP contribution in [0.25, 0.3) is 0 Å². The van der Waals surface area contributed by atoms with Crippen LogP contribution in [-0.2, 0) is 16.1 Å². The summed E-state index contributed by atoms with van der Waals surface area (Å²) in [5.41, 5.74) is 0.842. The SMILES string of the molecule is O=C(NCc1ccccc1)C1(C(=O)Nc2ccccc2)CC1. The molecule has 1 fully saturated rings. The van der Waals surface area contributed by atoms with Crippen LogP contribution in [-0.4, -0.2) is 11.8 Å². The van der Waals surface area contributed by atoms with E-state index in [1.165, 1.54) is 0 Å². The van der Waals surface area contributed by atoms with Crippen LogP contribution in [0, 0.1) is 5.41 Å². The van der Waals surface area contributed by atoms with Crippen LogP contribution in [0.1, 0.15) is 18.4 Å². The Kier molecular flexibility index (Phi) is 3.92. The lowest BCUT2D eigenvalue weighted by Gasteiger charge is -2.15. The van der Waals surface area contributed by atoms with Gasteiger partial charge in [-0.3, -0.25) is 9.59 Å². The number of nitrogens with one attached hydrogen (secondary N) is 2. The van der Waals surface area contributed by atoms with Crippen molar-refractivity contribution in [2.75, 3.05) is 5.32 Å². The molecule has 0 aliphatic heterocycles. The van der Waals surface area contributed by atoms with E-state index in [-0.39, 0.29) is 11.8 Å². The molecule has 0 atom stereocenters. The molecule has 2 N–H and O–H groups in total. The Hall–Kier alpha value is -2.62. The van der Waals surface area contributed by atoms with E-state index in [0.29, 0.717) is 19.4 Å². The van der Waals surface area contributed by atoms with Gasteiger partial charge in [0.05, 0.1) is 0 Å². The van der Waals surface area contributed by atoms with Crippen LogP contribution in [0.5, 0.6) is 0 Å². The van der Waals surface area contributed by atoms with Crippen molar-refractivity contribution in [3.8, 4) is 0 Å². The summed E-state index contributed by atoms with van der Waals surface area (Å²) >= 11 is 0. The molecule has 4 nitrogen and oxygen atoms in total. The minimum atomic E-state index is -0.898. The molecule has 0 spiro atoms. The van der Waals surface area contributed by atoms with E-state index in [4.69, 9.17) is 0 Å². The van der Waals surface area contributed by atoms with Crippen LogP contribution < -0.4 is 10.6 Å². The molecule has 2 aromatic rings. The molecule has 0 bridgehead atoms. The Morgan fingerprint density at radius 2 is 1.45 bits per heavy atom.